The van der Waals surface area contributed by atoms with Crippen LogP contribution in [-0.2, 0) is 32.6 Å². The molecule has 12 heteroatoms. The maximum Gasteiger partial charge on any atom is 0.415 e. The molecule has 5 fully saturated rings. The zero-order valence-electron chi connectivity index (χ0n) is 32.6. The summed E-state index contributed by atoms with van der Waals surface area (Å²) in [6.45, 7) is 7.78. The van der Waals surface area contributed by atoms with Crippen LogP contribution in [0.4, 0.5) is 4.79 Å². The number of likely N-dealkylation sites (N-methyl/N-ethyl adjacent to an activating group) is 2. The van der Waals surface area contributed by atoms with Crippen LogP contribution in [0.15, 0.2) is 36.4 Å². The van der Waals surface area contributed by atoms with Crippen LogP contribution in [0.5, 0.6) is 17.2 Å². The fourth-order valence-corrected chi connectivity index (χ4v) is 12.1. The van der Waals surface area contributed by atoms with Crippen LogP contribution in [-0.4, -0.2) is 114 Å². The highest BCUT2D eigenvalue weighted by Gasteiger charge is 2.84. The lowest BCUT2D eigenvalue weighted by Crippen LogP contribution is -2.84. The Morgan fingerprint density at radius 2 is 1.85 bits per heavy atom. The van der Waals surface area contributed by atoms with Gasteiger partial charge in [0.1, 0.15) is 23.5 Å². The third kappa shape index (κ3) is 5.60. The molecule has 2 aromatic carbocycles. The molecule has 1 unspecified atom stereocenters. The van der Waals surface area contributed by atoms with Crippen molar-refractivity contribution in [1.82, 2.24) is 15.5 Å². The van der Waals surface area contributed by atoms with Crippen LogP contribution < -0.4 is 20.1 Å². The Bertz CT molecular complexity index is 1840. The van der Waals surface area contributed by atoms with Gasteiger partial charge in [0.15, 0.2) is 11.5 Å². The van der Waals surface area contributed by atoms with Crippen molar-refractivity contribution in [3.8, 4) is 17.2 Å². The Kier molecular flexibility index (Phi) is 8.82. The van der Waals surface area contributed by atoms with Gasteiger partial charge in [-0.25, -0.2) is 4.79 Å². The lowest BCUT2D eigenvalue weighted by molar-refractivity contribution is -0.952. The minimum Gasteiger partial charge on any atom is -0.508 e. The maximum absolute atomic E-state index is 13.7. The number of hydrogen-bond donors (Lipinski definition) is 4. The first-order valence-corrected chi connectivity index (χ1v) is 19.8. The van der Waals surface area contributed by atoms with Gasteiger partial charge in [-0.2, -0.15) is 0 Å². The Morgan fingerprint density at radius 1 is 1.11 bits per heavy atom. The van der Waals surface area contributed by atoms with E-state index in [-0.39, 0.29) is 59.9 Å². The van der Waals surface area contributed by atoms with Gasteiger partial charge in [-0.1, -0.05) is 18.2 Å². The molecule has 1 saturated heterocycles. The number of ether oxygens (including phenoxy) is 3. The molecule has 2 aliphatic heterocycles. The van der Waals surface area contributed by atoms with E-state index < -0.39 is 23.3 Å². The van der Waals surface area contributed by atoms with Crippen LogP contribution in [0.1, 0.15) is 76.0 Å². The van der Waals surface area contributed by atoms with Gasteiger partial charge in [-0.3, -0.25) is 9.59 Å². The van der Waals surface area contributed by atoms with Crippen molar-refractivity contribution >= 4 is 17.9 Å². The van der Waals surface area contributed by atoms with Gasteiger partial charge < -0.3 is 44.4 Å². The van der Waals surface area contributed by atoms with Crippen LogP contribution in [0, 0.1) is 17.3 Å². The SMILES string of the molecule is CO[C@]12CC[C@@]3(C[C@@H]1C(C)(C)O)[C@H]1Cc4ccc(OC(=O)N(C)CCNC(=O)[C@H](Cc5ccc(O)cc5)NC(C)=O)c5c4[C@@]3(CC[N+]1(C)CC1CC1)[C@H]2O5. The monoisotopic (exact) mass is 745 g/mol. The standard InChI is InChI=1S/C42H56N4O8/c1-25(47)44-30(21-26-9-12-29(48)13-10-26)36(49)43-18-19-45(4)38(50)53-31-14-11-28-22-33-40-15-16-42(52-6,32(23-40)39(2,3)51)37-41(40,34(28)35(31)54-37)17-20-46(33,5)24-27-7-8-27/h9-14,27,30,32-33,37,51H,7-8,15-24H2,1-6H3,(H2-,43,44,47,48,49)/p+1/t30-,32+,33+,37+,40+,41-,42+,46?/m0/s1. The van der Waals surface area contributed by atoms with E-state index in [1.807, 2.05) is 19.9 Å². The Hall–Kier alpha value is -3.87. The van der Waals surface area contributed by atoms with E-state index in [1.165, 1.54) is 54.5 Å². The van der Waals surface area contributed by atoms with Crippen LogP contribution >= 0.6 is 0 Å². The number of rotatable bonds is 12. The summed E-state index contributed by atoms with van der Waals surface area (Å²) in [4.78, 5) is 40.1. The third-order valence-corrected chi connectivity index (χ3v) is 14.5. The summed E-state index contributed by atoms with van der Waals surface area (Å²) in [6.07, 6.45) is 6.60. The molecule has 4 bridgehead atoms. The number of aromatic hydroxyl groups is 1. The van der Waals surface area contributed by atoms with E-state index in [9.17, 15) is 24.6 Å². The molecular weight excluding hydrogens is 688 g/mol. The highest BCUT2D eigenvalue weighted by molar-refractivity contribution is 5.87. The highest BCUT2D eigenvalue weighted by Crippen LogP contribution is 2.78. The van der Waals surface area contributed by atoms with Crippen LogP contribution in [0.25, 0.3) is 0 Å². The molecule has 9 rings (SSSR count). The van der Waals surface area contributed by atoms with E-state index in [0.717, 1.165) is 54.6 Å². The Balaban J connectivity index is 1.03. The molecule has 12 nitrogen and oxygen atoms in total. The molecule has 2 aromatic rings. The molecule has 5 aliphatic carbocycles. The largest absolute Gasteiger partial charge is 0.508 e. The van der Waals surface area contributed by atoms with Crippen molar-refractivity contribution in [2.24, 2.45) is 17.3 Å². The maximum atomic E-state index is 13.7. The number of fused-ring (bicyclic) bond motifs is 2. The number of phenols is 1. The van der Waals surface area contributed by atoms with E-state index in [0.29, 0.717) is 17.5 Å². The van der Waals surface area contributed by atoms with Gasteiger partial charge >= 0.3 is 6.09 Å². The number of likely N-dealkylation sites (tertiary alicyclic amines) is 1. The molecule has 7 aliphatic rings. The summed E-state index contributed by atoms with van der Waals surface area (Å²) < 4.78 is 21.0. The molecule has 4 saturated carbocycles. The molecule has 0 aromatic heterocycles. The second kappa shape index (κ2) is 12.8. The van der Waals surface area contributed by atoms with Gasteiger partial charge in [-0.15, -0.1) is 0 Å². The van der Waals surface area contributed by atoms with E-state index in [1.54, 1.807) is 26.3 Å². The number of phenolic OH excluding ortho intramolecular Hbond substituents is 1. The van der Waals surface area contributed by atoms with Crippen molar-refractivity contribution in [3.63, 3.8) is 0 Å². The molecular formula is C42H57N4O8+. The Morgan fingerprint density at radius 3 is 2.52 bits per heavy atom. The smallest absolute Gasteiger partial charge is 0.415 e. The number of carbonyl (C=O) groups is 3. The molecule has 292 valence electrons. The van der Waals surface area contributed by atoms with Gasteiger partial charge in [0.2, 0.25) is 11.8 Å². The lowest BCUT2D eigenvalue weighted by Gasteiger charge is -2.75. The first-order chi connectivity index (χ1) is 25.6. The first-order valence-electron chi connectivity index (χ1n) is 19.8. The van der Waals surface area contributed by atoms with Crippen molar-refractivity contribution in [3.05, 3.63) is 53.1 Å². The zero-order chi connectivity index (χ0) is 38.4. The number of hydrogen-bond acceptors (Lipinski definition) is 8. The number of benzene rings is 2. The number of nitrogens with zero attached hydrogens (tertiary/aromatic N) is 2. The number of aliphatic hydroxyl groups is 1. The predicted octanol–water partition coefficient (Wildman–Crippen LogP) is 3.83. The molecule has 2 heterocycles. The number of nitrogens with one attached hydrogen (secondary N) is 2. The minimum atomic E-state index is -0.973. The number of piperidine rings is 1. The van der Waals surface area contributed by atoms with Crippen LogP contribution in [0.2, 0.25) is 0 Å². The van der Waals surface area contributed by atoms with Crippen molar-refractivity contribution in [2.75, 3.05) is 47.4 Å². The van der Waals surface area contributed by atoms with Crippen molar-refractivity contribution in [2.45, 2.75) is 107 Å². The molecule has 54 heavy (non-hydrogen) atoms. The summed E-state index contributed by atoms with van der Waals surface area (Å²) in [6, 6.07) is 10.1. The van der Waals surface area contributed by atoms with Gasteiger partial charge in [0.25, 0.3) is 0 Å². The quantitative estimate of drug-likeness (QED) is 0.240. The van der Waals surface area contributed by atoms with E-state index in [4.69, 9.17) is 14.2 Å². The third-order valence-electron chi connectivity index (χ3n) is 14.5. The summed E-state index contributed by atoms with van der Waals surface area (Å²) in [5.74, 6) is 1.10. The minimum absolute atomic E-state index is 0.0855. The van der Waals surface area contributed by atoms with Gasteiger partial charge in [-0.05, 0) is 75.3 Å². The van der Waals surface area contributed by atoms with Crippen molar-refractivity contribution < 1.29 is 43.3 Å². The van der Waals surface area contributed by atoms with Crippen LogP contribution in [0.3, 0.4) is 0 Å². The number of amides is 3. The zero-order valence-corrected chi connectivity index (χ0v) is 32.6. The summed E-state index contributed by atoms with van der Waals surface area (Å²) in [5.41, 5.74) is 1.19. The molecule has 0 radical (unpaired) electrons. The second-order valence-corrected chi connectivity index (χ2v) is 18.1. The number of quaternary nitrogens is 1. The first kappa shape index (κ1) is 37.1. The number of carbonyl (C=O) groups excluding carboxylic acids is 3. The normalized spacial score (nSPS) is 33.3. The summed E-state index contributed by atoms with van der Waals surface area (Å²) in [5, 5.41) is 26.9. The molecule has 2 spiro atoms. The predicted molar refractivity (Wildman–Crippen MR) is 200 cm³/mol. The average Bonchev–Trinajstić information content (AvgIpc) is 3.86. The summed E-state index contributed by atoms with van der Waals surface area (Å²) in [7, 11) is 5.88. The molecule has 3 amide bonds. The Labute approximate surface area is 318 Å². The fraction of sp³-hybridized carbons (Fsp3) is 0.643. The fourth-order valence-electron chi connectivity index (χ4n) is 12.1. The van der Waals surface area contributed by atoms with Gasteiger partial charge in [0.05, 0.1) is 37.2 Å². The van der Waals surface area contributed by atoms with Crippen molar-refractivity contribution in [1.29, 1.82) is 0 Å². The van der Waals surface area contributed by atoms with E-state index >= 15 is 0 Å². The number of methoxy groups -OCH3 is 1. The average molecular weight is 746 g/mol. The summed E-state index contributed by atoms with van der Waals surface area (Å²) >= 11 is 0. The highest BCUT2D eigenvalue weighted by atomic mass is 16.6. The van der Waals surface area contributed by atoms with E-state index in [2.05, 4.69) is 23.7 Å². The topological polar surface area (TPSA) is 147 Å². The second-order valence-electron chi connectivity index (χ2n) is 18.1. The lowest BCUT2D eigenvalue weighted by atomic mass is 9.33. The molecule has 4 N–H and O–H groups in total. The van der Waals surface area contributed by atoms with Gasteiger partial charge in [0, 0.05) is 76.2 Å². The molecule has 8 atom stereocenters.